The molecule has 0 saturated carbocycles. The Morgan fingerprint density at radius 3 is 2.33 bits per heavy atom. The van der Waals surface area contributed by atoms with E-state index in [0.29, 0.717) is 89.3 Å². The SMILES string of the molecule is CCN(CC)S(=O)(=O)c1ccc(N2CCOCC2)c(NC(=O)Cc2c(C)n(C(=O)c3ccc(Cl)cc3)c3ccc(OC)cc23)c1. The second-order valence-electron chi connectivity index (χ2n) is 10.7. The van der Waals surface area contributed by atoms with Crippen LogP contribution in [0.2, 0.25) is 5.02 Å². The molecule has 10 nitrogen and oxygen atoms in total. The summed E-state index contributed by atoms with van der Waals surface area (Å²) in [6.45, 7) is 8.28. The molecule has 4 aromatic rings. The van der Waals surface area contributed by atoms with Crippen LogP contribution in [0, 0.1) is 6.92 Å². The van der Waals surface area contributed by atoms with E-state index < -0.39 is 10.0 Å². The lowest BCUT2D eigenvalue weighted by atomic mass is 10.1. The second kappa shape index (κ2) is 13.6. The number of benzene rings is 3. The maximum atomic E-state index is 13.8. The largest absolute Gasteiger partial charge is 0.497 e. The van der Waals surface area contributed by atoms with Crippen LogP contribution in [0.25, 0.3) is 10.9 Å². The van der Waals surface area contributed by atoms with Crippen LogP contribution in [0.15, 0.2) is 65.6 Å². The first-order valence-electron chi connectivity index (χ1n) is 14.8. The maximum absolute atomic E-state index is 13.8. The number of fused-ring (bicyclic) bond motifs is 1. The van der Waals surface area contributed by atoms with Gasteiger partial charge in [0.15, 0.2) is 0 Å². The summed E-state index contributed by atoms with van der Waals surface area (Å²) < 4.78 is 40.7. The number of aromatic nitrogens is 1. The highest BCUT2D eigenvalue weighted by atomic mass is 35.5. The van der Waals surface area contributed by atoms with Crippen molar-refractivity contribution < 1.29 is 27.5 Å². The molecule has 1 amide bonds. The normalized spacial score (nSPS) is 13.8. The lowest BCUT2D eigenvalue weighted by Crippen LogP contribution is -2.37. The average Bonchev–Trinajstić information content (AvgIpc) is 3.31. The fourth-order valence-corrected chi connectivity index (χ4v) is 7.33. The Hall–Kier alpha value is -3.90. The van der Waals surface area contributed by atoms with E-state index in [9.17, 15) is 18.0 Å². The quantitative estimate of drug-likeness (QED) is 0.246. The second-order valence-corrected chi connectivity index (χ2v) is 13.1. The van der Waals surface area contributed by atoms with E-state index in [-0.39, 0.29) is 23.1 Å². The molecule has 1 saturated heterocycles. The third kappa shape index (κ3) is 6.57. The molecule has 1 aliphatic rings. The summed E-state index contributed by atoms with van der Waals surface area (Å²) in [5, 5.41) is 4.22. The number of nitrogens with zero attached hydrogens (tertiary/aromatic N) is 3. The van der Waals surface area contributed by atoms with Gasteiger partial charge < -0.3 is 19.7 Å². The molecule has 0 aliphatic carbocycles. The molecule has 1 aliphatic heterocycles. The zero-order chi connectivity index (χ0) is 32.3. The number of morpholine rings is 1. The number of sulfonamides is 1. The number of amides is 1. The lowest BCUT2D eigenvalue weighted by Gasteiger charge is -2.31. The van der Waals surface area contributed by atoms with Crippen molar-refractivity contribution >= 4 is 55.7 Å². The van der Waals surface area contributed by atoms with Gasteiger partial charge in [0, 0.05) is 47.8 Å². The summed E-state index contributed by atoms with van der Waals surface area (Å²) in [5.41, 5.74) is 3.46. The van der Waals surface area contributed by atoms with Crippen molar-refractivity contribution in [2.75, 3.05) is 56.7 Å². The summed E-state index contributed by atoms with van der Waals surface area (Å²) in [4.78, 5) is 29.7. The van der Waals surface area contributed by atoms with E-state index in [2.05, 4.69) is 10.2 Å². The number of hydrogen-bond donors (Lipinski definition) is 1. The molecule has 0 radical (unpaired) electrons. The molecular weight excluding hydrogens is 616 g/mol. The summed E-state index contributed by atoms with van der Waals surface area (Å²) in [6, 6.07) is 16.9. The molecule has 5 rings (SSSR count). The summed E-state index contributed by atoms with van der Waals surface area (Å²) in [7, 11) is -2.21. The molecule has 1 fully saturated rings. The van der Waals surface area contributed by atoms with E-state index in [4.69, 9.17) is 21.1 Å². The van der Waals surface area contributed by atoms with Crippen molar-refractivity contribution in [1.29, 1.82) is 0 Å². The number of nitrogens with one attached hydrogen (secondary N) is 1. The van der Waals surface area contributed by atoms with Crippen molar-refractivity contribution in [3.63, 3.8) is 0 Å². The van der Waals surface area contributed by atoms with Gasteiger partial charge in [0.05, 0.1) is 48.5 Å². The highest BCUT2D eigenvalue weighted by molar-refractivity contribution is 7.89. The van der Waals surface area contributed by atoms with Crippen LogP contribution in [-0.4, -0.2) is 75.6 Å². The Labute approximate surface area is 268 Å². The molecule has 3 aromatic carbocycles. The summed E-state index contributed by atoms with van der Waals surface area (Å²) >= 11 is 6.05. The van der Waals surface area contributed by atoms with E-state index in [1.54, 1.807) is 81.0 Å². The van der Waals surface area contributed by atoms with Gasteiger partial charge in [0.1, 0.15) is 5.75 Å². The Morgan fingerprint density at radius 2 is 1.69 bits per heavy atom. The molecule has 0 spiro atoms. The lowest BCUT2D eigenvalue weighted by molar-refractivity contribution is -0.115. The number of methoxy groups -OCH3 is 1. The molecule has 0 bridgehead atoms. The summed E-state index contributed by atoms with van der Waals surface area (Å²) in [5.74, 6) is -0.0233. The number of anilines is 2. The molecule has 12 heteroatoms. The Kier molecular flexibility index (Phi) is 9.83. The van der Waals surface area contributed by atoms with Crippen LogP contribution in [-0.2, 0) is 26.0 Å². The fourth-order valence-electron chi connectivity index (χ4n) is 5.72. The van der Waals surface area contributed by atoms with Crippen molar-refractivity contribution in [2.45, 2.75) is 32.1 Å². The first-order valence-corrected chi connectivity index (χ1v) is 16.7. The minimum atomic E-state index is -3.77. The first kappa shape index (κ1) is 32.5. The number of carbonyl (C=O) groups is 2. The minimum absolute atomic E-state index is 0.0635. The zero-order valence-corrected chi connectivity index (χ0v) is 27.4. The van der Waals surface area contributed by atoms with Crippen LogP contribution in [0.4, 0.5) is 11.4 Å². The van der Waals surface area contributed by atoms with Gasteiger partial charge in [-0.2, -0.15) is 4.31 Å². The highest BCUT2D eigenvalue weighted by Gasteiger charge is 2.26. The van der Waals surface area contributed by atoms with Gasteiger partial charge in [-0.1, -0.05) is 25.4 Å². The van der Waals surface area contributed by atoms with Crippen LogP contribution < -0.4 is 15.0 Å². The number of rotatable bonds is 10. The predicted molar refractivity (Wildman–Crippen MR) is 176 cm³/mol. The van der Waals surface area contributed by atoms with Crippen LogP contribution in [0.1, 0.15) is 35.5 Å². The Balaban J connectivity index is 1.54. The van der Waals surface area contributed by atoms with Gasteiger partial charge >= 0.3 is 0 Å². The third-order valence-electron chi connectivity index (χ3n) is 8.11. The first-order chi connectivity index (χ1) is 21.6. The molecule has 1 N–H and O–H groups in total. The summed E-state index contributed by atoms with van der Waals surface area (Å²) in [6.07, 6.45) is -0.0635. The van der Waals surface area contributed by atoms with Gasteiger partial charge in [-0.05, 0) is 73.2 Å². The minimum Gasteiger partial charge on any atom is -0.497 e. The molecule has 45 heavy (non-hydrogen) atoms. The number of carbonyl (C=O) groups excluding carboxylic acids is 2. The maximum Gasteiger partial charge on any atom is 0.262 e. The monoisotopic (exact) mass is 652 g/mol. The number of halogens is 1. The van der Waals surface area contributed by atoms with Crippen molar-refractivity contribution in [3.05, 3.63) is 82.5 Å². The van der Waals surface area contributed by atoms with Gasteiger partial charge in [-0.3, -0.25) is 14.2 Å². The standard InChI is InChI=1S/C33H37ClN4O6S/c1-5-37(6-2)45(41,42)26-12-14-31(36-15-17-44-18-16-36)29(20-26)35-32(39)21-27-22(3)38(30-13-11-25(43-4)19-28(27)30)33(40)23-7-9-24(34)10-8-23/h7-14,19-20H,5-6,15-18,21H2,1-4H3,(H,35,39). The van der Waals surface area contributed by atoms with Crippen molar-refractivity contribution in [3.8, 4) is 5.75 Å². The Bertz CT molecular complexity index is 1830. The number of ether oxygens (including phenoxy) is 2. The molecular formula is C33H37ClN4O6S. The van der Waals surface area contributed by atoms with Crippen molar-refractivity contribution in [1.82, 2.24) is 8.87 Å². The smallest absolute Gasteiger partial charge is 0.262 e. The van der Waals surface area contributed by atoms with Gasteiger partial charge in [0.2, 0.25) is 15.9 Å². The van der Waals surface area contributed by atoms with Crippen LogP contribution in [0.3, 0.4) is 0 Å². The molecule has 238 valence electrons. The van der Waals surface area contributed by atoms with E-state index in [1.165, 1.54) is 10.4 Å². The van der Waals surface area contributed by atoms with Crippen LogP contribution >= 0.6 is 11.6 Å². The Morgan fingerprint density at radius 1 is 1.00 bits per heavy atom. The third-order valence-corrected chi connectivity index (χ3v) is 10.4. The molecule has 2 heterocycles. The average molecular weight is 653 g/mol. The van der Waals surface area contributed by atoms with E-state index in [0.717, 1.165) is 0 Å². The van der Waals surface area contributed by atoms with Crippen molar-refractivity contribution in [2.24, 2.45) is 0 Å². The van der Waals surface area contributed by atoms with Gasteiger partial charge in [0.25, 0.3) is 5.91 Å². The predicted octanol–water partition coefficient (Wildman–Crippen LogP) is 5.35. The fraction of sp³-hybridized carbons (Fsp3) is 0.333. The topological polar surface area (TPSA) is 110 Å². The highest BCUT2D eigenvalue weighted by Crippen LogP contribution is 2.33. The molecule has 1 aromatic heterocycles. The van der Waals surface area contributed by atoms with E-state index in [1.807, 2.05) is 6.07 Å². The van der Waals surface area contributed by atoms with E-state index >= 15 is 0 Å². The van der Waals surface area contributed by atoms with Crippen LogP contribution in [0.5, 0.6) is 5.75 Å². The number of hydrogen-bond acceptors (Lipinski definition) is 7. The van der Waals surface area contributed by atoms with Gasteiger partial charge in [-0.15, -0.1) is 0 Å². The molecule has 0 atom stereocenters. The van der Waals surface area contributed by atoms with Gasteiger partial charge in [-0.25, -0.2) is 8.42 Å². The zero-order valence-electron chi connectivity index (χ0n) is 25.8. The molecule has 0 unspecified atom stereocenters.